The van der Waals surface area contributed by atoms with E-state index in [0.29, 0.717) is 19.7 Å². The number of piperazine rings is 1. The first-order valence-electron chi connectivity index (χ1n) is 9.98. The molecule has 1 saturated heterocycles. The molecular formula is C21H27N5O2. The second-order valence-electron chi connectivity index (χ2n) is 7.21. The van der Waals surface area contributed by atoms with Gasteiger partial charge in [0.15, 0.2) is 0 Å². The Kier molecular flexibility index (Phi) is 5.07. The zero-order chi connectivity index (χ0) is 19.7. The molecule has 1 aliphatic heterocycles. The lowest BCUT2D eigenvalue weighted by Crippen LogP contribution is -2.49. The number of fused-ring (bicyclic) bond motifs is 1. The second kappa shape index (κ2) is 7.66. The minimum absolute atomic E-state index is 0.213. The molecule has 0 bridgehead atoms. The summed E-state index contributed by atoms with van der Waals surface area (Å²) in [4.78, 5) is 20.8. The summed E-state index contributed by atoms with van der Waals surface area (Å²) in [6, 6.07) is 2.11. The number of aromatic nitrogens is 3. The average molecular weight is 381 g/mol. The number of allylic oxidation sites excluding steroid dienone is 2. The Morgan fingerprint density at radius 1 is 1.21 bits per heavy atom. The minimum Gasteiger partial charge on any atom is -0.450 e. The Hall–Kier alpha value is -2.83. The van der Waals surface area contributed by atoms with E-state index < -0.39 is 0 Å². The number of carbonyl (C=O) groups is 1. The average Bonchev–Trinajstić information content (AvgIpc) is 3.31. The third-order valence-electron chi connectivity index (χ3n) is 5.57. The third-order valence-corrected chi connectivity index (χ3v) is 5.57. The number of ether oxygens (including phenoxy) is 1. The lowest BCUT2D eigenvalue weighted by molar-refractivity contribution is 0.105. The molecule has 4 rings (SSSR count). The molecule has 1 aliphatic carbocycles. The Morgan fingerprint density at radius 3 is 2.64 bits per heavy atom. The number of amides is 1. The van der Waals surface area contributed by atoms with E-state index in [1.807, 2.05) is 31.0 Å². The van der Waals surface area contributed by atoms with E-state index in [1.165, 1.54) is 28.0 Å². The molecule has 2 aromatic heterocycles. The highest BCUT2D eigenvalue weighted by Crippen LogP contribution is 2.43. The highest BCUT2D eigenvalue weighted by molar-refractivity contribution is 5.99. The summed E-state index contributed by atoms with van der Waals surface area (Å²) in [6.07, 6.45) is 7.52. The van der Waals surface area contributed by atoms with Crippen LogP contribution in [0.1, 0.15) is 37.1 Å². The molecule has 0 N–H and O–H groups in total. The molecule has 0 aromatic carbocycles. The first kappa shape index (κ1) is 18.5. The Labute approximate surface area is 165 Å². The molecule has 1 fully saturated rings. The summed E-state index contributed by atoms with van der Waals surface area (Å²) in [5.74, 6) is 0. The van der Waals surface area contributed by atoms with Crippen molar-refractivity contribution in [2.75, 3.05) is 37.7 Å². The molecule has 0 saturated carbocycles. The van der Waals surface area contributed by atoms with Crippen molar-refractivity contribution in [1.82, 2.24) is 19.7 Å². The smallest absolute Gasteiger partial charge is 0.409 e. The molecule has 2 aliphatic rings. The lowest BCUT2D eigenvalue weighted by atomic mass is 9.99. The van der Waals surface area contributed by atoms with Gasteiger partial charge in [0.05, 0.1) is 18.5 Å². The predicted molar refractivity (Wildman–Crippen MR) is 109 cm³/mol. The molecule has 0 unspecified atom stereocenters. The van der Waals surface area contributed by atoms with Crippen molar-refractivity contribution < 1.29 is 9.53 Å². The van der Waals surface area contributed by atoms with E-state index in [1.54, 1.807) is 4.90 Å². The zero-order valence-electron chi connectivity index (χ0n) is 16.8. The molecule has 148 valence electrons. The van der Waals surface area contributed by atoms with Crippen molar-refractivity contribution in [3.05, 3.63) is 41.5 Å². The van der Waals surface area contributed by atoms with Crippen LogP contribution in [0.25, 0.3) is 11.1 Å². The standard InChI is InChI=1S/C21H27N5O2/c1-4-16-17(15-13-23-24(3)14-15)12-18-20(16)19(6-7-22-18)25-8-10-26(11-9-25)21(27)28-5-2/h6-7,13-14H,4-5,8-12H2,1-3H3. The van der Waals surface area contributed by atoms with Gasteiger partial charge < -0.3 is 14.5 Å². The van der Waals surface area contributed by atoms with E-state index in [9.17, 15) is 4.79 Å². The van der Waals surface area contributed by atoms with Gasteiger partial charge in [-0.25, -0.2) is 4.79 Å². The highest BCUT2D eigenvalue weighted by atomic mass is 16.6. The monoisotopic (exact) mass is 381 g/mol. The summed E-state index contributed by atoms with van der Waals surface area (Å²) < 4.78 is 6.99. The van der Waals surface area contributed by atoms with Gasteiger partial charge in [-0.1, -0.05) is 6.92 Å². The van der Waals surface area contributed by atoms with Gasteiger partial charge in [0.2, 0.25) is 0 Å². The fraction of sp³-hybridized carbons (Fsp3) is 0.476. The van der Waals surface area contributed by atoms with Gasteiger partial charge in [-0.15, -0.1) is 0 Å². The molecule has 0 spiro atoms. The molecule has 7 heteroatoms. The van der Waals surface area contributed by atoms with E-state index in [4.69, 9.17) is 4.74 Å². The quantitative estimate of drug-likeness (QED) is 0.815. The van der Waals surface area contributed by atoms with Gasteiger partial charge in [0.25, 0.3) is 0 Å². The van der Waals surface area contributed by atoms with Crippen LogP contribution in [0.3, 0.4) is 0 Å². The zero-order valence-corrected chi connectivity index (χ0v) is 16.8. The first-order valence-corrected chi connectivity index (χ1v) is 9.98. The number of pyridine rings is 1. The fourth-order valence-electron chi connectivity index (χ4n) is 4.23. The Bertz CT molecular complexity index is 909. The summed E-state index contributed by atoms with van der Waals surface area (Å²) in [7, 11) is 1.95. The molecule has 1 amide bonds. The fourth-order valence-corrected chi connectivity index (χ4v) is 4.23. The SMILES string of the molecule is CCOC(=O)N1CCN(c2ccnc3c2C(CC)=C(c2cnn(C)c2)C3)CC1. The number of hydrogen-bond acceptors (Lipinski definition) is 5. The van der Waals surface area contributed by atoms with Crippen molar-refractivity contribution in [3.8, 4) is 0 Å². The van der Waals surface area contributed by atoms with Crippen LogP contribution < -0.4 is 4.90 Å². The number of rotatable bonds is 4. The van der Waals surface area contributed by atoms with E-state index in [-0.39, 0.29) is 6.09 Å². The normalized spacial score (nSPS) is 16.5. The Balaban J connectivity index is 1.61. The van der Waals surface area contributed by atoms with Crippen LogP contribution in [0.15, 0.2) is 24.7 Å². The van der Waals surface area contributed by atoms with Crippen molar-refractivity contribution in [1.29, 1.82) is 0 Å². The van der Waals surface area contributed by atoms with E-state index >= 15 is 0 Å². The third kappa shape index (κ3) is 3.25. The first-order chi connectivity index (χ1) is 13.6. The van der Waals surface area contributed by atoms with Crippen LogP contribution in [0.2, 0.25) is 0 Å². The number of nitrogens with zero attached hydrogens (tertiary/aromatic N) is 5. The Morgan fingerprint density at radius 2 is 2.00 bits per heavy atom. The van der Waals surface area contributed by atoms with E-state index in [2.05, 4.69) is 34.2 Å². The maximum Gasteiger partial charge on any atom is 0.409 e. The predicted octanol–water partition coefficient (Wildman–Crippen LogP) is 2.97. The minimum atomic E-state index is -0.213. The summed E-state index contributed by atoms with van der Waals surface area (Å²) in [5, 5.41) is 4.35. The maximum atomic E-state index is 12.0. The van der Waals surface area contributed by atoms with Gasteiger partial charge in [-0.2, -0.15) is 5.10 Å². The molecular weight excluding hydrogens is 354 g/mol. The van der Waals surface area contributed by atoms with Crippen LogP contribution >= 0.6 is 0 Å². The number of anilines is 1. The largest absolute Gasteiger partial charge is 0.450 e. The van der Waals surface area contributed by atoms with Crippen LogP contribution in [0.5, 0.6) is 0 Å². The number of hydrogen-bond donors (Lipinski definition) is 0. The van der Waals surface area contributed by atoms with Gasteiger partial charge in [-0.05, 0) is 30.6 Å². The van der Waals surface area contributed by atoms with Crippen molar-refractivity contribution in [2.45, 2.75) is 26.7 Å². The van der Waals surface area contributed by atoms with Crippen molar-refractivity contribution in [2.24, 2.45) is 7.05 Å². The molecule has 3 heterocycles. The molecule has 28 heavy (non-hydrogen) atoms. The topological polar surface area (TPSA) is 63.5 Å². The van der Waals surface area contributed by atoms with Gasteiger partial charge in [-0.3, -0.25) is 9.67 Å². The number of aryl methyl sites for hydroxylation is 1. The van der Waals surface area contributed by atoms with Crippen LogP contribution in [0.4, 0.5) is 10.5 Å². The lowest BCUT2D eigenvalue weighted by Gasteiger charge is -2.36. The van der Waals surface area contributed by atoms with E-state index in [0.717, 1.165) is 31.6 Å². The summed E-state index contributed by atoms with van der Waals surface area (Å²) in [6.45, 7) is 7.41. The molecule has 0 radical (unpaired) electrons. The summed E-state index contributed by atoms with van der Waals surface area (Å²) >= 11 is 0. The van der Waals surface area contributed by atoms with Crippen LogP contribution in [-0.2, 0) is 18.2 Å². The number of carbonyl (C=O) groups excluding carboxylic acids is 1. The maximum absolute atomic E-state index is 12.0. The van der Waals surface area contributed by atoms with Crippen molar-refractivity contribution in [3.63, 3.8) is 0 Å². The second-order valence-corrected chi connectivity index (χ2v) is 7.21. The molecule has 7 nitrogen and oxygen atoms in total. The van der Waals surface area contributed by atoms with Crippen LogP contribution in [0, 0.1) is 0 Å². The van der Waals surface area contributed by atoms with Crippen molar-refractivity contribution >= 4 is 22.9 Å². The summed E-state index contributed by atoms with van der Waals surface area (Å²) in [5.41, 5.74) is 7.50. The van der Waals surface area contributed by atoms with Gasteiger partial charge in [0, 0.05) is 68.9 Å². The molecule has 2 aromatic rings. The van der Waals surface area contributed by atoms with Crippen LogP contribution in [-0.4, -0.2) is 58.5 Å². The van der Waals surface area contributed by atoms with Gasteiger partial charge >= 0.3 is 6.09 Å². The molecule has 0 atom stereocenters. The highest BCUT2D eigenvalue weighted by Gasteiger charge is 2.30. The van der Waals surface area contributed by atoms with Gasteiger partial charge in [0.1, 0.15) is 0 Å².